The number of nitrogens with zero attached hydrogens (tertiary/aromatic N) is 1. The number of hydrogen-bond acceptors (Lipinski definition) is 13. The fourth-order valence-corrected chi connectivity index (χ4v) is 5.30. The lowest BCUT2D eigenvalue weighted by Crippen LogP contribution is -2.54. The van der Waals surface area contributed by atoms with Gasteiger partial charge in [-0.2, -0.15) is 0 Å². The van der Waals surface area contributed by atoms with Crippen LogP contribution in [0.5, 0.6) is 0 Å². The number of carbonyl (C=O) groups excluding carboxylic acids is 7. The molecule has 0 saturated heterocycles. The first-order chi connectivity index (χ1) is 25.4. The van der Waals surface area contributed by atoms with E-state index in [1.165, 1.54) is 30.9 Å². The van der Waals surface area contributed by atoms with E-state index in [9.17, 15) is 33.6 Å². The molecule has 18 heteroatoms. The number of amides is 6. The van der Waals surface area contributed by atoms with Crippen LogP contribution in [0.4, 0.5) is 0 Å². The first kappa shape index (κ1) is 47.6. The summed E-state index contributed by atoms with van der Waals surface area (Å²) in [5, 5.41) is 13.6. The van der Waals surface area contributed by atoms with E-state index >= 15 is 0 Å². The van der Waals surface area contributed by atoms with Crippen molar-refractivity contribution in [3.05, 3.63) is 12.2 Å². The molecule has 5 N–H and O–H groups in total. The number of hydrogen-bond donors (Lipinski definition) is 5. The minimum atomic E-state index is -0.929. The maximum atomic E-state index is 12.5. The van der Waals surface area contributed by atoms with Crippen LogP contribution >= 0.6 is 11.8 Å². The zero-order valence-corrected chi connectivity index (χ0v) is 32.5. The Kier molecular flexibility index (Phi) is 26.9. The Hall–Kier alpha value is -3.42. The topological polar surface area (TPSA) is 220 Å². The second kappa shape index (κ2) is 30.0. The van der Waals surface area contributed by atoms with E-state index in [0.29, 0.717) is 78.0 Å². The number of ketones is 1. The summed E-state index contributed by atoms with van der Waals surface area (Å²) in [4.78, 5) is 84.7. The number of unbranched alkanes of at least 4 members (excludes halogenated alkanes) is 2. The fraction of sp³-hybridized carbons (Fsp3) is 0.743. The van der Waals surface area contributed by atoms with Gasteiger partial charge in [-0.05, 0) is 59.3 Å². The molecule has 0 radical (unpaired) electrons. The lowest BCUT2D eigenvalue weighted by Gasteiger charge is -2.20. The molecule has 6 amide bonds. The molecule has 0 bridgehead atoms. The normalized spacial score (nSPS) is 14.2. The molecule has 53 heavy (non-hydrogen) atoms. The molecule has 0 unspecified atom stereocenters. The Morgan fingerprint density at radius 1 is 0.642 bits per heavy atom. The van der Waals surface area contributed by atoms with Crippen LogP contribution in [0.25, 0.3) is 0 Å². The summed E-state index contributed by atoms with van der Waals surface area (Å²) in [5.74, 6) is -0.893. The third kappa shape index (κ3) is 24.5. The van der Waals surface area contributed by atoms with E-state index in [2.05, 4.69) is 26.6 Å². The minimum Gasteiger partial charge on any atom is -0.379 e. The summed E-state index contributed by atoms with van der Waals surface area (Å²) in [6.45, 7) is 10.7. The van der Waals surface area contributed by atoms with Crippen LogP contribution in [0.1, 0.15) is 66.2 Å². The monoisotopic (exact) mass is 772 g/mol. The highest BCUT2D eigenvalue weighted by atomic mass is 32.2. The largest absolute Gasteiger partial charge is 0.379 e. The molecule has 0 aromatic rings. The van der Waals surface area contributed by atoms with Gasteiger partial charge in [0.1, 0.15) is 23.9 Å². The van der Waals surface area contributed by atoms with Crippen molar-refractivity contribution >= 4 is 53.0 Å². The molecule has 0 aromatic heterocycles. The average Bonchev–Trinajstić information content (AvgIpc) is 3.44. The number of carbonyl (C=O) groups is 7. The van der Waals surface area contributed by atoms with Gasteiger partial charge in [-0.1, -0.05) is 6.42 Å². The molecule has 1 rings (SSSR count). The second-order valence-electron chi connectivity index (χ2n) is 12.3. The van der Waals surface area contributed by atoms with E-state index < -0.39 is 29.9 Å². The standard InChI is InChI=1S/C35H60N6O11S/c1-26(42)9-6-5-7-24-53-25-37-33(46)27(2)39-35(48)29(4)40-34(47)28(3)38-30(43)12-16-49-18-20-51-22-23-52-21-19-50-17-14-36-13-8-15-41-31(44)10-11-32(41)45/h10-11,27-29,36H,5-9,12-25H2,1-4H3,(H,37,46)(H,38,43)(H,39,48)(H,40,47)/t27-,28-,29+/m0/s1. The van der Waals surface area contributed by atoms with Crippen LogP contribution in [0.2, 0.25) is 0 Å². The molecule has 1 aliphatic rings. The molecule has 3 atom stereocenters. The van der Waals surface area contributed by atoms with Crippen LogP contribution in [-0.4, -0.2) is 148 Å². The smallest absolute Gasteiger partial charge is 0.253 e. The van der Waals surface area contributed by atoms with Gasteiger partial charge in [-0.3, -0.25) is 33.7 Å². The van der Waals surface area contributed by atoms with Gasteiger partial charge in [-0.15, -0.1) is 11.8 Å². The second-order valence-corrected chi connectivity index (χ2v) is 13.4. The molecule has 0 spiro atoms. The molecule has 1 aliphatic heterocycles. The van der Waals surface area contributed by atoms with Crippen molar-refractivity contribution in [3.63, 3.8) is 0 Å². The fourth-order valence-electron chi connectivity index (χ4n) is 4.50. The summed E-state index contributed by atoms with van der Waals surface area (Å²) >= 11 is 1.56. The highest BCUT2D eigenvalue weighted by molar-refractivity contribution is 7.99. The van der Waals surface area contributed by atoms with Gasteiger partial charge in [-0.25, -0.2) is 0 Å². The number of nitrogens with one attached hydrogen (secondary N) is 5. The Balaban J connectivity index is 1.96. The van der Waals surface area contributed by atoms with E-state index in [0.717, 1.165) is 25.0 Å². The zero-order chi connectivity index (χ0) is 39.3. The molecule has 1 heterocycles. The lowest BCUT2D eigenvalue weighted by atomic mass is 10.2. The number of thioether (sulfide) groups is 1. The van der Waals surface area contributed by atoms with E-state index in [1.54, 1.807) is 25.6 Å². The third-order valence-electron chi connectivity index (χ3n) is 7.59. The van der Waals surface area contributed by atoms with Crippen molar-refractivity contribution in [2.24, 2.45) is 0 Å². The van der Waals surface area contributed by atoms with Crippen molar-refractivity contribution in [1.29, 1.82) is 0 Å². The number of ether oxygens (including phenoxy) is 4. The SMILES string of the molecule is CC(=O)CCCCCSCNC(=O)[C@H](C)NC(=O)[C@@H](C)NC(=O)[C@H](C)NC(=O)CCOCCOCCOCCOCCNCCCN1C(=O)C=CC1=O. The number of rotatable bonds is 33. The predicted molar refractivity (Wildman–Crippen MR) is 199 cm³/mol. The number of Topliss-reactive ketones (excluding diaryl/α,β-unsaturated/α-hetero) is 1. The van der Waals surface area contributed by atoms with Gasteiger partial charge in [0.2, 0.25) is 23.6 Å². The quantitative estimate of drug-likeness (QED) is 0.0333. The van der Waals surface area contributed by atoms with Crippen LogP contribution in [0.15, 0.2) is 12.2 Å². The van der Waals surface area contributed by atoms with Gasteiger partial charge >= 0.3 is 0 Å². The molecule has 0 aromatic carbocycles. The average molecular weight is 773 g/mol. The summed E-state index contributed by atoms with van der Waals surface area (Å²) < 4.78 is 21.8. The first-order valence-electron chi connectivity index (χ1n) is 18.2. The van der Waals surface area contributed by atoms with Gasteiger partial charge in [0, 0.05) is 38.1 Å². The van der Waals surface area contributed by atoms with Crippen LogP contribution in [0.3, 0.4) is 0 Å². The molecule has 0 aliphatic carbocycles. The molecule has 302 valence electrons. The Bertz CT molecular complexity index is 1160. The first-order valence-corrected chi connectivity index (χ1v) is 19.4. The highest BCUT2D eigenvalue weighted by Crippen LogP contribution is 2.07. The van der Waals surface area contributed by atoms with Crippen LogP contribution < -0.4 is 26.6 Å². The summed E-state index contributed by atoms with van der Waals surface area (Å²) in [6.07, 6.45) is 6.64. The van der Waals surface area contributed by atoms with E-state index in [4.69, 9.17) is 18.9 Å². The Morgan fingerprint density at radius 3 is 1.75 bits per heavy atom. The molecular weight excluding hydrogens is 712 g/mol. The van der Waals surface area contributed by atoms with Crippen molar-refractivity contribution in [2.45, 2.75) is 84.3 Å². The summed E-state index contributed by atoms with van der Waals surface area (Å²) in [6, 6.07) is -2.62. The van der Waals surface area contributed by atoms with E-state index in [-0.39, 0.29) is 49.0 Å². The van der Waals surface area contributed by atoms with Gasteiger partial charge in [0.05, 0.1) is 58.7 Å². The molecular formula is C35H60N6O11S. The van der Waals surface area contributed by atoms with Crippen LogP contribution in [-0.2, 0) is 52.5 Å². The molecule has 17 nitrogen and oxygen atoms in total. The van der Waals surface area contributed by atoms with Gasteiger partial charge in [0.25, 0.3) is 11.8 Å². The van der Waals surface area contributed by atoms with Crippen molar-refractivity contribution < 1.29 is 52.5 Å². The summed E-state index contributed by atoms with van der Waals surface area (Å²) in [5.41, 5.74) is 0. The van der Waals surface area contributed by atoms with Crippen LogP contribution in [0, 0.1) is 0 Å². The zero-order valence-electron chi connectivity index (χ0n) is 31.7. The maximum Gasteiger partial charge on any atom is 0.253 e. The Morgan fingerprint density at radius 2 is 1.17 bits per heavy atom. The van der Waals surface area contributed by atoms with Crippen molar-refractivity contribution in [3.8, 4) is 0 Å². The van der Waals surface area contributed by atoms with Gasteiger partial charge in [0.15, 0.2) is 0 Å². The van der Waals surface area contributed by atoms with Crippen molar-refractivity contribution in [2.75, 3.05) is 84.1 Å². The highest BCUT2D eigenvalue weighted by Gasteiger charge is 2.24. The maximum absolute atomic E-state index is 12.5. The third-order valence-corrected chi connectivity index (χ3v) is 8.52. The predicted octanol–water partition coefficient (Wildman–Crippen LogP) is -0.182. The van der Waals surface area contributed by atoms with E-state index in [1.807, 2.05) is 0 Å². The Labute approximate surface area is 317 Å². The minimum absolute atomic E-state index is 0.0371. The van der Waals surface area contributed by atoms with Crippen molar-refractivity contribution in [1.82, 2.24) is 31.5 Å². The molecule has 0 saturated carbocycles. The lowest BCUT2D eigenvalue weighted by molar-refractivity contribution is -0.137. The number of imide groups is 1. The molecule has 0 fully saturated rings. The van der Waals surface area contributed by atoms with Gasteiger partial charge < -0.3 is 50.3 Å². The summed E-state index contributed by atoms with van der Waals surface area (Å²) in [7, 11) is 0.